The zero-order valence-electron chi connectivity index (χ0n) is 12.9. The van der Waals surface area contributed by atoms with Gasteiger partial charge in [0.25, 0.3) is 0 Å². The molecule has 1 fully saturated rings. The Morgan fingerprint density at radius 1 is 1.26 bits per heavy atom. The molecule has 23 heavy (non-hydrogen) atoms. The molecular formula is C14H21N5O3S. The number of ether oxygens (including phenoxy) is 1. The molecular weight excluding hydrogens is 318 g/mol. The monoisotopic (exact) mass is 339 g/mol. The van der Waals surface area contributed by atoms with Crippen LogP contribution in [0.3, 0.4) is 0 Å². The van der Waals surface area contributed by atoms with Gasteiger partial charge in [0, 0.05) is 11.5 Å². The first-order chi connectivity index (χ1) is 11.0. The van der Waals surface area contributed by atoms with E-state index < -0.39 is 10.0 Å². The maximum Gasteiger partial charge on any atom is 0.231 e. The summed E-state index contributed by atoms with van der Waals surface area (Å²) in [4.78, 5) is 0. The zero-order chi connectivity index (χ0) is 16.3. The number of fused-ring (bicyclic) bond motifs is 1. The molecule has 2 aromatic rings. The molecule has 0 saturated heterocycles. The quantitative estimate of drug-likeness (QED) is 0.844. The van der Waals surface area contributed by atoms with Gasteiger partial charge >= 0.3 is 0 Å². The van der Waals surface area contributed by atoms with Crippen molar-refractivity contribution in [3.63, 3.8) is 0 Å². The highest BCUT2D eigenvalue weighted by Crippen LogP contribution is 2.39. The fraction of sp³-hybridized carbons (Fsp3) is 0.643. The molecule has 0 amide bonds. The Labute approximate surface area is 135 Å². The summed E-state index contributed by atoms with van der Waals surface area (Å²) in [6, 6.07) is 3.54. The summed E-state index contributed by atoms with van der Waals surface area (Å²) in [5.74, 6) is 0.478. The van der Waals surface area contributed by atoms with Crippen LogP contribution in [-0.2, 0) is 10.0 Å². The molecule has 1 aliphatic rings. The Morgan fingerprint density at radius 3 is 2.78 bits per heavy atom. The van der Waals surface area contributed by atoms with Crippen LogP contribution in [0.1, 0.15) is 38.5 Å². The third-order valence-corrected chi connectivity index (χ3v) is 5.27. The van der Waals surface area contributed by atoms with Gasteiger partial charge in [0.15, 0.2) is 5.65 Å². The average Bonchev–Trinajstić information content (AvgIpc) is 2.99. The van der Waals surface area contributed by atoms with E-state index in [2.05, 4.69) is 15.3 Å². The van der Waals surface area contributed by atoms with Crippen molar-refractivity contribution >= 4 is 15.7 Å². The standard InChI is InChI=1S/C14H21N5O3S/c15-23(20,21)9-8-14(6-2-1-3-7-14)10-22-13-5-4-12-17-16-11-19(12)18-13/h4-5,11H,1-3,6-10H2,(H2,15,20,21). The van der Waals surface area contributed by atoms with E-state index >= 15 is 0 Å². The van der Waals surface area contributed by atoms with E-state index in [0.29, 0.717) is 24.6 Å². The molecule has 0 unspecified atom stereocenters. The molecule has 0 spiro atoms. The maximum absolute atomic E-state index is 11.3. The van der Waals surface area contributed by atoms with Gasteiger partial charge < -0.3 is 4.74 Å². The molecule has 0 aliphatic heterocycles. The lowest BCUT2D eigenvalue weighted by Gasteiger charge is -2.36. The van der Waals surface area contributed by atoms with Crippen LogP contribution in [0.25, 0.3) is 5.65 Å². The van der Waals surface area contributed by atoms with Crippen molar-refractivity contribution < 1.29 is 13.2 Å². The molecule has 1 saturated carbocycles. The lowest BCUT2D eigenvalue weighted by Crippen LogP contribution is -2.34. The fourth-order valence-corrected chi connectivity index (χ4v) is 3.86. The molecule has 1 aliphatic carbocycles. The van der Waals surface area contributed by atoms with E-state index in [1.165, 1.54) is 12.7 Å². The molecule has 0 atom stereocenters. The van der Waals surface area contributed by atoms with Crippen molar-refractivity contribution in [1.29, 1.82) is 0 Å². The molecule has 3 rings (SSSR count). The number of hydrogen-bond acceptors (Lipinski definition) is 6. The lowest BCUT2D eigenvalue weighted by atomic mass is 9.73. The topological polar surface area (TPSA) is 112 Å². The second-order valence-electron chi connectivity index (χ2n) is 6.27. The van der Waals surface area contributed by atoms with Crippen molar-refractivity contribution in [1.82, 2.24) is 19.8 Å². The van der Waals surface area contributed by atoms with Crippen LogP contribution < -0.4 is 9.88 Å². The van der Waals surface area contributed by atoms with Crippen molar-refractivity contribution in [3.8, 4) is 5.88 Å². The van der Waals surface area contributed by atoms with Crippen LogP contribution in [0, 0.1) is 5.41 Å². The molecule has 126 valence electrons. The van der Waals surface area contributed by atoms with Crippen molar-refractivity contribution in [3.05, 3.63) is 18.5 Å². The minimum absolute atomic E-state index is 0.00569. The minimum Gasteiger partial charge on any atom is -0.476 e. The van der Waals surface area contributed by atoms with E-state index in [9.17, 15) is 8.42 Å². The summed E-state index contributed by atoms with van der Waals surface area (Å²) in [7, 11) is -3.46. The number of sulfonamides is 1. The molecule has 0 aromatic carbocycles. The van der Waals surface area contributed by atoms with E-state index in [-0.39, 0.29) is 11.2 Å². The fourth-order valence-electron chi connectivity index (χ4n) is 3.14. The van der Waals surface area contributed by atoms with E-state index in [1.807, 2.05) is 0 Å². The smallest absolute Gasteiger partial charge is 0.231 e. The molecule has 2 heterocycles. The molecule has 2 N–H and O–H groups in total. The first-order valence-electron chi connectivity index (χ1n) is 7.76. The Morgan fingerprint density at radius 2 is 2.04 bits per heavy atom. The van der Waals surface area contributed by atoms with Gasteiger partial charge in [-0.25, -0.2) is 13.6 Å². The number of nitrogens with zero attached hydrogens (tertiary/aromatic N) is 4. The first kappa shape index (κ1) is 16.1. The van der Waals surface area contributed by atoms with Crippen LogP contribution in [-0.4, -0.2) is 40.6 Å². The van der Waals surface area contributed by atoms with Gasteiger partial charge in [0.1, 0.15) is 6.33 Å². The predicted octanol–water partition coefficient (Wildman–Crippen LogP) is 1.13. The Kier molecular flexibility index (Phi) is 4.49. The maximum atomic E-state index is 11.3. The highest BCUT2D eigenvalue weighted by molar-refractivity contribution is 7.89. The molecule has 2 aromatic heterocycles. The molecule has 0 bridgehead atoms. The van der Waals surface area contributed by atoms with Crippen LogP contribution in [0.4, 0.5) is 0 Å². The van der Waals surface area contributed by atoms with E-state index in [1.54, 1.807) is 16.6 Å². The van der Waals surface area contributed by atoms with E-state index in [0.717, 1.165) is 25.7 Å². The number of hydrogen-bond donors (Lipinski definition) is 1. The Balaban J connectivity index is 1.70. The molecule has 9 heteroatoms. The van der Waals surface area contributed by atoms with Gasteiger partial charge in [0.2, 0.25) is 15.9 Å². The van der Waals surface area contributed by atoms with Crippen LogP contribution in [0.5, 0.6) is 5.88 Å². The Hall–Kier alpha value is -1.74. The first-order valence-corrected chi connectivity index (χ1v) is 9.48. The normalized spacial score (nSPS) is 18.1. The second-order valence-corrected chi connectivity index (χ2v) is 8.01. The van der Waals surface area contributed by atoms with Crippen LogP contribution in [0.2, 0.25) is 0 Å². The summed E-state index contributed by atoms with van der Waals surface area (Å²) in [6.07, 6.45) is 7.31. The van der Waals surface area contributed by atoms with Gasteiger partial charge in [-0.05, 0) is 25.3 Å². The van der Waals surface area contributed by atoms with Crippen molar-refractivity contribution in [2.45, 2.75) is 38.5 Å². The number of aromatic nitrogens is 4. The van der Waals surface area contributed by atoms with Gasteiger partial charge in [0.05, 0.1) is 12.4 Å². The predicted molar refractivity (Wildman–Crippen MR) is 84.4 cm³/mol. The number of primary sulfonamides is 1. The van der Waals surface area contributed by atoms with Crippen LogP contribution in [0.15, 0.2) is 18.5 Å². The summed E-state index contributed by atoms with van der Waals surface area (Å²) in [6.45, 7) is 0.448. The third kappa shape index (κ3) is 4.17. The summed E-state index contributed by atoms with van der Waals surface area (Å²) in [5, 5.41) is 17.1. The molecule has 8 nitrogen and oxygen atoms in total. The minimum atomic E-state index is -3.46. The van der Waals surface area contributed by atoms with Crippen molar-refractivity contribution in [2.24, 2.45) is 10.6 Å². The summed E-state index contributed by atoms with van der Waals surface area (Å²) in [5.41, 5.74) is 0.507. The largest absolute Gasteiger partial charge is 0.476 e. The van der Waals surface area contributed by atoms with Gasteiger partial charge in [-0.2, -0.15) is 4.52 Å². The summed E-state index contributed by atoms with van der Waals surface area (Å²) < 4.78 is 30.0. The zero-order valence-corrected chi connectivity index (χ0v) is 13.7. The lowest BCUT2D eigenvalue weighted by molar-refractivity contribution is 0.0896. The highest BCUT2D eigenvalue weighted by atomic mass is 32.2. The second kappa shape index (κ2) is 6.40. The Bertz CT molecular complexity index is 768. The van der Waals surface area contributed by atoms with Gasteiger partial charge in [-0.3, -0.25) is 0 Å². The highest BCUT2D eigenvalue weighted by Gasteiger charge is 2.34. The molecule has 0 radical (unpaired) electrons. The van der Waals surface area contributed by atoms with Crippen molar-refractivity contribution in [2.75, 3.05) is 12.4 Å². The van der Waals surface area contributed by atoms with E-state index in [4.69, 9.17) is 9.88 Å². The average molecular weight is 339 g/mol. The third-order valence-electron chi connectivity index (χ3n) is 4.49. The number of nitrogens with two attached hydrogens (primary N) is 1. The summed E-state index contributed by atoms with van der Waals surface area (Å²) >= 11 is 0. The number of rotatable bonds is 6. The van der Waals surface area contributed by atoms with Crippen LogP contribution >= 0.6 is 0 Å². The van der Waals surface area contributed by atoms with Gasteiger partial charge in [-0.15, -0.1) is 15.3 Å². The van der Waals surface area contributed by atoms with Gasteiger partial charge in [-0.1, -0.05) is 19.3 Å². The SMILES string of the molecule is NS(=O)(=O)CCC1(COc2ccc3nncn3n2)CCCCC1.